The Kier molecular flexibility index (Phi) is 8.07. The number of nitrogens with zero attached hydrogens (tertiary/aromatic N) is 1. The number of carbonyl (C=O) groups excluding carboxylic acids is 2. The molecule has 1 fully saturated rings. The first kappa shape index (κ1) is 20.6. The van der Waals surface area contributed by atoms with Gasteiger partial charge in [0.25, 0.3) is 6.47 Å². The molecule has 0 aliphatic carbocycles. The first-order valence-electron chi connectivity index (χ1n) is 8.11. The number of benzene rings is 1. The summed E-state index contributed by atoms with van der Waals surface area (Å²) in [6, 6.07) is 10.2. The summed E-state index contributed by atoms with van der Waals surface area (Å²) in [5.41, 5.74) is 6.29. The molecule has 1 saturated heterocycles. The fraction of sp³-hybridized carbons (Fsp3) is 0.500. The Morgan fingerprint density at radius 1 is 1.36 bits per heavy atom. The topological polar surface area (TPSA) is 110 Å². The van der Waals surface area contributed by atoms with E-state index in [2.05, 4.69) is 16.6 Å². The van der Waals surface area contributed by atoms with Crippen LogP contribution in [0.4, 0.5) is 0 Å². The minimum atomic E-state index is -0.485. The number of amides is 1. The van der Waals surface area contributed by atoms with Crippen LogP contribution in [0, 0.1) is 5.41 Å². The lowest BCUT2D eigenvalue weighted by Crippen LogP contribution is -2.65. The third-order valence-corrected chi connectivity index (χ3v) is 4.54. The number of rotatable bonds is 7. The monoisotopic (exact) mass is 350 g/mol. The van der Waals surface area contributed by atoms with Crippen molar-refractivity contribution >= 4 is 18.3 Å². The zero-order valence-electron chi connectivity index (χ0n) is 14.7. The second-order valence-electron chi connectivity index (χ2n) is 6.28. The number of carbonyl (C=O) groups is 3. The first-order valence-corrected chi connectivity index (χ1v) is 8.11. The highest BCUT2D eigenvalue weighted by atomic mass is 16.5. The van der Waals surface area contributed by atoms with Crippen LogP contribution >= 0.6 is 0 Å². The van der Waals surface area contributed by atoms with E-state index in [0.717, 1.165) is 12.0 Å². The Balaban J connectivity index is 0.000000970. The number of primary amides is 1. The summed E-state index contributed by atoms with van der Waals surface area (Å²) in [6.45, 7) is 3.12. The summed E-state index contributed by atoms with van der Waals surface area (Å²) in [5.74, 6) is -0.439. The molecule has 7 nitrogen and oxygen atoms in total. The maximum absolute atomic E-state index is 11.9. The fourth-order valence-electron chi connectivity index (χ4n) is 3.00. The van der Waals surface area contributed by atoms with Gasteiger partial charge < -0.3 is 15.6 Å². The van der Waals surface area contributed by atoms with E-state index in [0.29, 0.717) is 25.9 Å². The SMILES string of the molecule is COC(=O)CCC(C)N1CC(Cc2ccccc2)(C(N)=O)C1.O=CO. The molecule has 1 aromatic carbocycles. The van der Waals surface area contributed by atoms with Gasteiger partial charge in [0.05, 0.1) is 12.5 Å². The van der Waals surface area contributed by atoms with Gasteiger partial charge in [0.15, 0.2) is 0 Å². The predicted molar refractivity (Wildman–Crippen MR) is 92.8 cm³/mol. The summed E-state index contributed by atoms with van der Waals surface area (Å²) in [6.07, 6.45) is 1.80. The maximum atomic E-state index is 11.9. The molecule has 0 radical (unpaired) electrons. The molecule has 0 spiro atoms. The number of hydrogen-bond acceptors (Lipinski definition) is 5. The Morgan fingerprint density at radius 2 is 1.92 bits per heavy atom. The number of hydrogen-bond donors (Lipinski definition) is 2. The average molecular weight is 350 g/mol. The van der Waals surface area contributed by atoms with Gasteiger partial charge in [-0.15, -0.1) is 0 Å². The van der Waals surface area contributed by atoms with Gasteiger partial charge in [0.2, 0.25) is 5.91 Å². The lowest BCUT2D eigenvalue weighted by atomic mass is 9.73. The van der Waals surface area contributed by atoms with Crippen molar-refractivity contribution in [2.75, 3.05) is 20.2 Å². The predicted octanol–water partition coefficient (Wildman–Crippen LogP) is 1.06. The van der Waals surface area contributed by atoms with Crippen LogP contribution in [0.25, 0.3) is 0 Å². The van der Waals surface area contributed by atoms with Crippen molar-refractivity contribution in [3.8, 4) is 0 Å². The lowest BCUT2D eigenvalue weighted by molar-refractivity contribution is -0.144. The van der Waals surface area contributed by atoms with E-state index in [9.17, 15) is 9.59 Å². The first-order chi connectivity index (χ1) is 11.9. The second kappa shape index (κ2) is 9.78. The number of nitrogens with two attached hydrogens (primary N) is 1. The quantitative estimate of drug-likeness (QED) is 0.562. The summed E-state index contributed by atoms with van der Waals surface area (Å²) in [5, 5.41) is 6.89. The van der Waals surface area contributed by atoms with E-state index in [4.69, 9.17) is 15.6 Å². The molecular formula is C18H26N2O5. The van der Waals surface area contributed by atoms with Gasteiger partial charge in [0.1, 0.15) is 0 Å². The fourth-order valence-corrected chi connectivity index (χ4v) is 3.00. The molecular weight excluding hydrogens is 324 g/mol. The standard InChI is InChI=1S/C17H24N2O3.CH2O2/c1-13(8-9-15(20)22-2)19-11-17(12-19,16(18)21)10-14-6-4-3-5-7-14;2-1-3/h3-7,13H,8-12H2,1-2H3,(H2,18,21);1H,(H,2,3). The zero-order valence-corrected chi connectivity index (χ0v) is 14.7. The van der Waals surface area contributed by atoms with Gasteiger partial charge in [-0.05, 0) is 25.3 Å². The Labute approximate surface area is 147 Å². The molecule has 3 N–H and O–H groups in total. The van der Waals surface area contributed by atoms with Crippen molar-refractivity contribution < 1.29 is 24.2 Å². The minimum absolute atomic E-state index is 0.196. The van der Waals surface area contributed by atoms with E-state index in [-0.39, 0.29) is 24.4 Å². The van der Waals surface area contributed by atoms with Crippen LogP contribution in [0.5, 0.6) is 0 Å². The number of esters is 1. The molecule has 1 aliphatic rings. The molecule has 7 heteroatoms. The van der Waals surface area contributed by atoms with Crippen LogP contribution in [0.3, 0.4) is 0 Å². The molecule has 1 unspecified atom stereocenters. The summed E-state index contributed by atoms with van der Waals surface area (Å²) >= 11 is 0. The molecule has 1 atom stereocenters. The van der Waals surface area contributed by atoms with Gasteiger partial charge >= 0.3 is 5.97 Å². The van der Waals surface area contributed by atoms with Crippen LogP contribution in [-0.4, -0.2) is 54.6 Å². The molecule has 0 aromatic heterocycles. The van der Waals surface area contributed by atoms with Crippen LogP contribution in [-0.2, 0) is 25.5 Å². The van der Waals surface area contributed by atoms with Crippen LogP contribution in [0.2, 0.25) is 0 Å². The van der Waals surface area contributed by atoms with Crippen molar-refractivity contribution in [3.63, 3.8) is 0 Å². The third kappa shape index (κ3) is 5.86. The third-order valence-electron chi connectivity index (χ3n) is 4.54. The lowest BCUT2D eigenvalue weighted by Gasteiger charge is -2.51. The number of ether oxygens (including phenoxy) is 1. The molecule has 2 rings (SSSR count). The van der Waals surface area contributed by atoms with E-state index >= 15 is 0 Å². The summed E-state index contributed by atoms with van der Waals surface area (Å²) in [7, 11) is 1.40. The molecule has 1 heterocycles. The normalized spacial score (nSPS) is 16.6. The molecule has 1 amide bonds. The van der Waals surface area contributed by atoms with Gasteiger partial charge in [-0.3, -0.25) is 19.3 Å². The Morgan fingerprint density at radius 3 is 2.40 bits per heavy atom. The number of methoxy groups -OCH3 is 1. The van der Waals surface area contributed by atoms with Crippen molar-refractivity contribution in [2.45, 2.75) is 32.2 Å². The minimum Gasteiger partial charge on any atom is -0.483 e. The van der Waals surface area contributed by atoms with E-state index < -0.39 is 5.41 Å². The number of carboxylic acid groups (broad SMARTS) is 1. The van der Waals surface area contributed by atoms with Gasteiger partial charge in [-0.1, -0.05) is 30.3 Å². The summed E-state index contributed by atoms with van der Waals surface area (Å²) in [4.78, 5) is 33.7. The van der Waals surface area contributed by atoms with Gasteiger partial charge in [-0.2, -0.15) is 0 Å². The van der Waals surface area contributed by atoms with Gasteiger partial charge in [0, 0.05) is 25.6 Å². The molecule has 25 heavy (non-hydrogen) atoms. The Bertz CT molecular complexity index is 570. The zero-order chi connectivity index (χ0) is 18.9. The molecule has 1 aliphatic heterocycles. The van der Waals surface area contributed by atoms with Crippen LogP contribution in [0.1, 0.15) is 25.3 Å². The van der Waals surface area contributed by atoms with Crippen molar-refractivity contribution in [2.24, 2.45) is 11.1 Å². The number of likely N-dealkylation sites (tertiary alicyclic amines) is 1. The molecule has 0 bridgehead atoms. The average Bonchev–Trinajstić information content (AvgIpc) is 2.56. The van der Waals surface area contributed by atoms with Crippen LogP contribution < -0.4 is 5.73 Å². The largest absolute Gasteiger partial charge is 0.483 e. The van der Waals surface area contributed by atoms with E-state index in [1.165, 1.54) is 7.11 Å². The molecule has 1 aromatic rings. The molecule has 138 valence electrons. The molecule has 0 saturated carbocycles. The summed E-state index contributed by atoms with van der Waals surface area (Å²) < 4.78 is 4.66. The van der Waals surface area contributed by atoms with Gasteiger partial charge in [-0.25, -0.2) is 0 Å². The smallest absolute Gasteiger partial charge is 0.305 e. The second-order valence-corrected chi connectivity index (χ2v) is 6.28. The van der Waals surface area contributed by atoms with Crippen molar-refractivity contribution in [1.82, 2.24) is 4.90 Å². The highest BCUT2D eigenvalue weighted by molar-refractivity contribution is 5.83. The Hall–Kier alpha value is -2.41. The van der Waals surface area contributed by atoms with E-state index in [1.807, 2.05) is 30.3 Å². The highest BCUT2D eigenvalue weighted by Gasteiger charge is 2.49. The van der Waals surface area contributed by atoms with Crippen molar-refractivity contribution in [3.05, 3.63) is 35.9 Å². The van der Waals surface area contributed by atoms with E-state index in [1.54, 1.807) is 0 Å². The highest BCUT2D eigenvalue weighted by Crippen LogP contribution is 2.36. The maximum Gasteiger partial charge on any atom is 0.305 e. The van der Waals surface area contributed by atoms with Crippen molar-refractivity contribution in [1.29, 1.82) is 0 Å². The van der Waals surface area contributed by atoms with Crippen LogP contribution in [0.15, 0.2) is 30.3 Å².